The van der Waals surface area contributed by atoms with E-state index in [9.17, 15) is 0 Å². The van der Waals surface area contributed by atoms with Gasteiger partial charge in [0.25, 0.3) is 0 Å². The summed E-state index contributed by atoms with van der Waals surface area (Å²) >= 11 is 0. The fourth-order valence-electron chi connectivity index (χ4n) is 3.08. The molecule has 0 heterocycles. The van der Waals surface area contributed by atoms with Crippen molar-refractivity contribution in [1.29, 1.82) is 0 Å². The highest BCUT2D eigenvalue weighted by atomic mass is 16.2. The molecule has 110 valence electrons. The molecule has 0 atom stereocenters. The molecule has 2 aromatic rings. The molecule has 0 spiro atoms. The van der Waals surface area contributed by atoms with E-state index in [0.29, 0.717) is 6.61 Å². The van der Waals surface area contributed by atoms with Gasteiger partial charge in [-0.15, -0.1) is 0 Å². The first-order chi connectivity index (χ1) is 10.4. The minimum Gasteiger partial charge on any atom is -0.396 e. The smallest absolute Gasteiger partial charge is 0.0431 e. The number of hydrogen-bond donors (Lipinski definition) is 2. The van der Waals surface area contributed by atoms with Crippen molar-refractivity contribution in [1.82, 2.24) is 0 Å². The maximum Gasteiger partial charge on any atom is 0.0431 e. The molecule has 1 aliphatic rings. The molecule has 0 aliphatic heterocycles. The molecule has 0 radical (unpaired) electrons. The Balaban J connectivity index is 1.57. The van der Waals surface area contributed by atoms with Crippen LogP contribution in [0.1, 0.15) is 36.8 Å². The first-order valence-electron chi connectivity index (χ1n) is 7.94. The Labute approximate surface area is 126 Å². The van der Waals surface area contributed by atoms with Gasteiger partial charge in [0, 0.05) is 18.8 Å². The predicted octanol–water partition coefficient (Wildman–Crippen LogP) is 4.22. The second kappa shape index (κ2) is 6.77. The lowest BCUT2D eigenvalue weighted by molar-refractivity contribution is 0.283. The van der Waals surface area contributed by atoms with Crippen molar-refractivity contribution in [2.24, 2.45) is 0 Å². The van der Waals surface area contributed by atoms with Gasteiger partial charge in [0.2, 0.25) is 0 Å². The topological polar surface area (TPSA) is 32.3 Å². The van der Waals surface area contributed by atoms with E-state index in [1.807, 2.05) is 0 Å². The molecule has 2 aromatic carbocycles. The van der Waals surface area contributed by atoms with Gasteiger partial charge in [0.15, 0.2) is 0 Å². The Kier molecular flexibility index (Phi) is 4.56. The van der Waals surface area contributed by atoms with Gasteiger partial charge in [-0.3, -0.25) is 0 Å². The predicted molar refractivity (Wildman–Crippen MR) is 88.7 cm³/mol. The molecule has 0 saturated carbocycles. The van der Waals surface area contributed by atoms with Crippen molar-refractivity contribution in [2.45, 2.75) is 32.1 Å². The van der Waals surface area contributed by atoms with Crippen LogP contribution in [0, 0.1) is 0 Å². The van der Waals surface area contributed by atoms with Crippen LogP contribution in [0.2, 0.25) is 0 Å². The van der Waals surface area contributed by atoms with E-state index in [0.717, 1.165) is 32.2 Å². The number of benzene rings is 2. The summed E-state index contributed by atoms with van der Waals surface area (Å²) in [5.74, 6) is 0. The summed E-state index contributed by atoms with van der Waals surface area (Å²) in [5.41, 5.74) is 6.88. The third-order valence-electron chi connectivity index (χ3n) is 4.21. The van der Waals surface area contributed by atoms with Crippen molar-refractivity contribution >= 4 is 5.69 Å². The molecule has 2 heteroatoms. The van der Waals surface area contributed by atoms with Crippen molar-refractivity contribution in [2.75, 3.05) is 18.5 Å². The summed E-state index contributed by atoms with van der Waals surface area (Å²) in [6.07, 6.45) is 5.45. The zero-order valence-corrected chi connectivity index (χ0v) is 12.4. The summed E-state index contributed by atoms with van der Waals surface area (Å²) in [6, 6.07) is 15.4. The second-order valence-electron chi connectivity index (χ2n) is 5.77. The zero-order chi connectivity index (χ0) is 14.5. The molecule has 1 aliphatic carbocycles. The molecule has 0 bridgehead atoms. The van der Waals surface area contributed by atoms with E-state index < -0.39 is 0 Å². The lowest BCUT2D eigenvalue weighted by Gasteiger charge is -2.08. The summed E-state index contributed by atoms with van der Waals surface area (Å²) in [6.45, 7) is 1.33. The van der Waals surface area contributed by atoms with Gasteiger partial charge in [0.1, 0.15) is 0 Å². The molecule has 21 heavy (non-hydrogen) atoms. The first kappa shape index (κ1) is 14.2. The number of rotatable bonds is 7. The van der Waals surface area contributed by atoms with E-state index in [1.165, 1.54) is 34.4 Å². The first-order valence-corrected chi connectivity index (χ1v) is 7.94. The molecule has 2 nitrogen and oxygen atoms in total. The Morgan fingerprint density at radius 1 is 0.857 bits per heavy atom. The minimum absolute atomic E-state index is 0.318. The summed E-state index contributed by atoms with van der Waals surface area (Å²) in [4.78, 5) is 0. The summed E-state index contributed by atoms with van der Waals surface area (Å²) in [5, 5.41) is 12.3. The standard InChI is InChI=1S/C19H23NO/c21-12-6-2-1-5-11-20-17-9-10-19-16(14-17)13-15-7-3-4-8-18(15)19/h3-4,7-10,14,20-21H,1-2,5-6,11-13H2. The summed E-state index contributed by atoms with van der Waals surface area (Å²) in [7, 11) is 0. The minimum atomic E-state index is 0.318. The van der Waals surface area contributed by atoms with Crippen LogP contribution in [0.3, 0.4) is 0 Å². The number of nitrogens with one attached hydrogen (secondary N) is 1. The van der Waals surface area contributed by atoms with E-state index in [1.54, 1.807) is 0 Å². The van der Waals surface area contributed by atoms with Crippen LogP contribution in [-0.4, -0.2) is 18.3 Å². The van der Waals surface area contributed by atoms with Crippen LogP contribution < -0.4 is 5.32 Å². The summed E-state index contributed by atoms with van der Waals surface area (Å²) < 4.78 is 0. The van der Waals surface area contributed by atoms with Crippen molar-refractivity contribution in [3.63, 3.8) is 0 Å². The number of hydrogen-bond acceptors (Lipinski definition) is 2. The molecule has 0 amide bonds. The van der Waals surface area contributed by atoms with Crippen LogP contribution in [0.4, 0.5) is 5.69 Å². The van der Waals surface area contributed by atoms with Gasteiger partial charge in [-0.1, -0.05) is 43.2 Å². The van der Waals surface area contributed by atoms with Crippen LogP contribution in [-0.2, 0) is 6.42 Å². The third-order valence-corrected chi connectivity index (χ3v) is 4.21. The van der Waals surface area contributed by atoms with Crippen molar-refractivity contribution in [3.05, 3.63) is 53.6 Å². The largest absolute Gasteiger partial charge is 0.396 e. The Morgan fingerprint density at radius 2 is 1.67 bits per heavy atom. The van der Waals surface area contributed by atoms with Gasteiger partial charge >= 0.3 is 0 Å². The molecule has 3 rings (SSSR count). The molecule has 0 fully saturated rings. The molecular weight excluding hydrogens is 258 g/mol. The highest BCUT2D eigenvalue weighted by Gasteiger charge is 2.17. The van der Waals surface area contributed by atoms with Gasteiger partial charge in [-0.2, -0.15) is 0 Å². The van der Waals surface area contributed by atoms with Gasteiger partial charge in [0.05, 0.1) is 0 Å². The molecule has 2 N–H and O–H groups in total. The molecule has 0 aromatic heterocycles. The van der Waals surface area contributed by atoms with E-state index >= 15 is 0 Å². The Bertz CT molecular complexity index is 606. The fourth-order valence-corrected chi connectivity index (χ4v) is 3.08. The normalized spacial score (nSPS) is 12.0. The number of unbranched alkanes of at least 4 members (excludes halogenated alkanes) is 3. The maximum atomic E-state index is 8.75. The van der Waals surface area contributed by atoms with Crippen molar-refractivity contribution in [3.8, 4) is 11.1 Å². The zero-order valence-electron chi connectivity index (χ0n) is 12.4. The molecular formula is C19H23NO. The van der Waals surface area contributed by atoms with Crippen LogP contribution >= 0.6 is 0 Å². The highest BCUT2D eigenvalue weighted by molar-refractivity contribution is 5.78. The van der Waals surface area contributed by atoms with E-state index in [-0.39, 0.29) is 0 Å². The van der Waals surface area contributed by atoms with E-state index in [4.69, 9.17) is 5.11 Å². The van der Waals surface area contributed by atoms with Gasteiger partial charge in [-0.05, 0) is 53.6 Å². The molecule has 0 saturated heterocycles. The maximum absolute atomic E-state index is 8.75. The van der Waals surface area contributed by atoms with Gasteiger partial charge in [-0.25, -0.2) is 0 Å². The lowest BCUT2D eigenvalue weighted by atomic mass is 10.1. The van der Waals surface area contributed by atoms with E-state index in [2.05, 4.69) is 47.8 Å². The average molecular weight is 281 g/mol. The lowest BCUT2D eigenvalue weighted by Crippen LogP contribution is -2.02. The number of aliphatic hydroxyl groups is 1. The number of fused-ring (bicyclic) bond motifs is 3. The average Bonchev–Trinajstić information content (AvgIpc) is 2.88. The van der Waals surface area contributed by atoms with Gasteiger partial charge < -0.3 is 10.4 Å². The third kappa shape index (κ3) is 3.27. The number of anilines is 1. The Hall–Kier alpha value is -1.80. The van der Waals surface area contributed by atoms with Crippen LogP contribution in [0.5, 0.6) is 0 Å². The van der Waals surface area contributed by atoms with Crippen molar-refractivity contribution < 1.29 is 5.11 Å². The molecule has 0 unspecified atom stereocenters. The van der Waals surface area contributed by atoms with Crippen LogP contribution in [0.25, 0.3) is 11.1 Å². The quantitative estimate of drug-likeness (QED) is 0.635. The number of aliphatic hydroxyl groups excluding tert-OH is 1. The highest BCUT2D eigenvalue weighted by Crippen LogP contribution is 2.37. The monoisotopic (exact) mass is 281 g/mol. The van der Waals surface area contributed by atoms with Crippen LogP contribution in [0.15, 0.2) is 42.5 Å². The SMILES string of the molecule is OCCCCCCNc1ccc2c(c1)Cc1ccccc1-2. The fraction of sp³-hybridized carbons (Fsp3) is 0.368. The second-order valence-corrected chi connectivity index (χ2v) is 5.77. The Morgan fingerprint density at radius 3 is 2.57 bits per heavy atom.